The molecule has 0 fully saturated rings. The van der Waals surface area contributed by atoms with Gasteiger partial charge in [0.05, 0.1) is 0 Å². The van der Waals surface area contributed by atoms with Crippen LogP contribution in [0, 0.1) is 0 Å². The zero-order valence-corrected chi connectivity index (χ0v) is 11.9. The quantitative estimate of drug-likeness (QED) is 0.303. The van der Waals surface area contributed by atoms with E-state index in [1.54, 1.807) is 0 Å². The molecule has 0 bridgehead atoms. The molecule has 0 saturated heterocycles. The molecule has 0 radical (unpaired) electrons. The number of hydrogen-bond donors (Lipinski definition) is 0. The minimum Gasteiger partial charge on any atom is -0.445 e. The summed E-state index contributed by atoms with van der Waals surface area (Å²) in [6, 6.07) is 4.89. The molecule has 0 saturated carbocycles. The van der Waals surface area contributed by atoms with Crippen molar-refractivity contribution >= 4 is 12.4 Å². The Hall–Kier alpha value is 0.0213. The van der Waals surface area contributed by atoms with Gasteiger partial charge in [-0.1, -0.05) is 29.4 Å². The van der Waals surface area contributed by atoms with Crippen molar-refractivity contribution in [3.63, 3.8) is 0 Å². The Labute approximate surface area is 134 Å². The Balaban J connectivity index is 0.00000225. The van der Waals surface area contributed by atoms with Crippen molar-refractivity contribution in [2.45, 2.75) is 6.42 Å². The number of nitrogens with zero attached hydrogens (tertiary/aromatic N) is 3. The molecule has 1 aromatic carbocycles. The Bertz CT molecular complexity index is 373. The summed E-state index contributed by atoms with van der Waals surface area (Å²) in [5.74, 6) is 0. The van der Waals surface area contributed by atoms with E-state index < -0.39 is 12.4 Å². The van der Waals surface area contributed by atoms with Crippen LogP contribution >= 0.6 is 0 Å². The van der Waals surface area contributed by atoms with E-state index in [-0.39, 0.29) is 57.9 Å². The molecule has 0 aliphatic carbocycles. The summed E-state index contributed by atoms with van der Waals surface area (Å²) < 4.78 is 36.7. The summed E-state index contributed by atoms with van der Waals surface area (Å²) >= 11 is 0. The summed E-state index contributed by atoms with van der Waals surface area (Å²) in [6.07, 6.45) is 0.454. The maximum Gasteiger partial charge on any atom is 1.00 e. The van der Waals surface area contributed by atoms with Gasteiger partial charge in [0.15, 0.2) is 0 Å². The average Bonchev–Trinajstić information content (AvgIpc) is 2.18. The maximum atomic E-state index is 12.2. The fourth-order valence-electron chi connectivity index (χ4n) is 1.13. The molecule has 0 spiro atoms. The first-order valence-electron chi connectivity index (χ1n) is 4.33. The number of benzene rings is 1. The molecule has 0 heterocycles. The van der Waals surface area contributed by atoms with E-state index >= 15 is 0 Å². The molecule has 80 valence electrons. The maximum absolute atomic E-state index is 12.2. The molecular formula is C8H8BF3KN3. The van der Waals surface area contributed by atoms with Gasteiger partial charge in [-0.3, -0.25) is 0 Å². The second-order valence-electron chi connectivity index (χ2n) is 3.02. The van der Waals surface area contributed by atoms with Gasteiger partial charge in [0.1, 0.15) is 0 Å². The van der Waals surface area contributed by atoms with Crippen LogP contribution in [0.2, 0.25) is 0 Å². The molecule has 0 aliphatic heterocycles. The van der Waals surface area contributed by atoms with Crippen molar-refractivity contribution in [2.75, 3.05) is 6.54 Å². The van der Waals surface area contributed by atoms with Crippen LogP contribution in [0.5, 0.6) is 0 Å². The molecule has 8 heteroatoms. The van der Waals surface area contributed by atoms with Crippen molar-refractivity contribution in [3.8, 4) is 0 Å². The van der Waals surface area contributed by atoms with Gasteiger partial charge < -0.3 is 12.9 Å². The molecule has 16 heavy (non-hydrogen) atoms. The minimum atomic E-state index is -4.92. The first-order chi connectivity index (χ1) is 7.04. The zero-order valence-electron chi connectivity index (χ0n) is 8.78. The van der Waals surface area contributed by atoms with Crippen LogP contribution in [0.1, 0.15) is 5.56 Å². The average molecular weight is 253 g/mol. The molecule has 1 rings (SSSR count). The van der Waals surface area contributed by atoms with Gasteiger partial charge in [-0.2, -0.15) is 0 Å². The van der Waals surface area contributed by atoms with E-state index in [2.05, 4.69) is 10.0 Å². The van der Waals surface area contributed by atoms with Gasteiger partial charge in [-0.15, -0.1) is 5.46 Å². The zero-order chi connectivity index (χ0) is 11.3. The summed E-state index contributed by atoms with van der Waals surface area (Å²) in [5, 5.41) is 3.30. The van der Waals surface area contributed by atoms with E-state index in [9.17, 15) is 12.9 Å². The van der Waals surface area contributed by atoms with Gasteiger partial charge in [0, 0.05) is 11.5 Å². The Kier molecular flexibility index (Phi) is 7.38. The number of halogens is 3. The van der Waals surface area contributed by atoms with Crippen LogP contribution in [-0.2, 0) is 6.42 Å². The van der Waals surface area contributed by atoms with Gasteiger partial charge in [0.2, 0.25) is 0 Å². The largest absolute Gasteiger partial charge is 1.00 e. The van der Waals surface area contributed by atoms with Crippen molar-refractivity contribution in [2.24, 2.45) is 5.11 Å². The van der Waals surface area contributed by atoms with Crippen LogP contribution in [0.4, 0.5) is 12.9 Å². The summed E-state index contributed by atoms with van der Waals surface area (Å²) in [4.78, 5) is 2.56. The van der Waals surface area contributed by atoms with Gasteiger partial charge in [0.25, 0.3) is 0 Å². The molecule has 0 atom stereocenters. The topological polar surface area (TPSA) is 48.8 Å². The second-order valence-corrected chi connectivity index (χ2v) is 3.02. The van der Waals surface area contributed by atoms with Crippen molar-refractivity contribution in [3.05, 3.63) is 40.3 Å². The third-order valence-corrected chi connectivity index (χ3v) is 1.92. The Morgan fingerprint density at radius 2 is 1.75 bits per heavy atom. The third kappa shape index (κ3) is 5.38. The molecule has 0 unspecified atom stereocenters. The summed E-state index contributed by atoms with van der Waals surface area (Å²) in [5.41, 5.74) is 8.13. The number of azide groups is 1. The SMILES string of the molecule is [K+].[N-]=[N+]=NCCc1ccc([B-](F)(F)F)cc1. The van der Waals surface area contributed by atoms with Crippen LogP contribution in [0.15, 0.2) is 29.4 Å². The number of rotatable bonds is 4. The monoisotopic (exact) mass is 253 g/mol. The third-order valence-electron chi connectivity index (χ3n) is 1.92. The van der Waals surface area contributed by atoms with Gasteiger partial charge in [-0.25, -0.2) is 0 Å². The fraction of sp³-hybridized carbons (Fsp3) is 0.250. The van der Waals surface area contributed by atoms with Crippen LogP contribution in [0.25, 0.3) is 10.4 Å². The van der Waals surface area contributed by atoms with E-state index in [1.165, 1.54) is 12.1 Å². The summed E-state index contributed by atoms with van der Waals surface area (Å²) in [7, 11) is 0. The fourth-order valence-corrected chi connectivity index (χ4v) is 1.13. The van der Waals surface area contributed by atoms with E-state index in [0.717, 1.165) is 17.7 Å². The predicted molar refractivity (Wildman–Crippen MR) is 52.9 cm³/mol. The van der Waals surface area contributed by atoms with Crippen molar-refractivity contribution in [1.29, 1.82) is 0 Å². The van der Waals surface area contributed by atoms with Crippen LogP contribution in [-0.4, -0.2) is 13.5 Å². The smallest absolute Gasteiger partial charge is 0.445 e. The molecule has 3 nitrogen and oxygen atoms in total. The first-order valence-corrected chi connectivity index (χ1v) is 4.33. The molecule has 1 aromatic rings. The van der Waals surface area contributed by atoms with E-state index in [4.69, 9.17) is 5.53 Å². The molecule has 0 aromatic heterocycles. The molecule has 0 N–H and O–H groups in total. The number of hydrogen-bond acceptors (Lipinski definition) is 1. The van der Waals surface area contributed by atoms with Gasteiger partial charge in [-0.05, 0) is 17.5 Å². The molecular weight excluding hydrogens is 245 g/mol. The molecule has 0 aliphatic rings. The summed E-state index contributed by atoms with van der Waals surface area (Å²) in [6.45, 7) is -4.66. The minimum absolute atomic E-state index is 0. The van der Waals surface area contributed by atoms with Gasteiger partial charge >= 0.3 is 58.4 Å². The Morgan fingerprint density at radius 3 is 2.19 bits per heavy atom. The predicted octanol–water partition coefficient (Wildman–Crippen LogP) is -0.402. The van der Waals surface area contributed by atoms with E-state index in [0.29, 0.717) is 6.42 Å². The van der Waals surface area contributed by atoms with E-state index in [1.807, 2.05) is 0 Å². The standard InChI is InChI=1S/C8H8BF3N3.K/c10-9(11,12)8-3-1-7(2-4-8)5-6-14-15-13;/h1-4H,5-6H2;/q-1;+1. The first kappa shape index (κ1) is 16.0. The second kappa shape index (κ2) is 7.37. The Morgan fingerprint density at radius 1 is 1.19 bits per heavy atom. The van der Waals surface area contributed by atoms with Crippen LogP contribution in [0.3, 0.4) is 0 Å². The van der Waals surface area contributed by atoms with Crippen LogP contribution < -0.4 is 56.8 Å². The van der Waals surface area contributed by atoms with Crippen molar-refractivity contribution < 1.29 is 64.3 Å². The normalized spacial score (nSPS) is 10.2. The van der Waals surface area contributed by atoms with Crippen molar-refractivity contribution in [1.82, 2.24) is 0 Å². The molecule has 0 amide bonds.